The van der Waals surface area contributed by atoms with E-state index in [1.165, 1.54) is 38.5 Å². The molecule has 2 unspecified atom stereocenters. The van der Waals surface area contributed by atoms with Gasteiger partial charge in [-0.3, -0.25) is 4.90 Å². The summed E-state index contributed by atoms with van der Waals surface area (Å²) in [4.78, 5) is 19.9. The molecule has 0 spiro atoms. The summed E-state index contributed by atoms with van der Waals surface area (Å²) >= 11 is 0. The van der Waals surface area contributed by atoms with Crippen LogP contribution < -0.4 is 15.0 Å². The topological polar surface area (TPSA) is 86.6 Å². The lowest BCUT2D eigenvalue weighted by molar-refractivity contribution is 0.108. The Morgan fingerprint density at radius 3 is 2.61 bits per heavy atom. The number of benzene rings is 2. The number of nitrogens with one attached hydrogen (secondary N) is 1. The van der Waals surface area contributed by atoms with Crippen LogP contribution in [0.15, 0.2) is 42.5 Å². The number of fused-ring (bicyclic) bond motifs is 5. The second kappa shape index (κ2) is 9.57. The summed E-state index contributed by atoms with van der Waals surface area (Å²) in [6, 6.07) is 14.6. The Kier molecular flexibility index (Phi) is 5.80. The summed E-state index contributed by atoms with van der Waals surface area (Å²) in [6.07, 6.45) is 13.0. The molecule has 0 saturated carbocycles. The molecule has 4 aliphatic heterocycles. The molecule has 2 atom stereocenters. The van der Waals surface area contributed by atoms with Gasteiger partial charge in [0.15, 0.2) is 5.65 Å². The van der Waals surface area contributed by atoms with Gasteiger partial charge in [-0.05, 0) is 87.3 Å². The maximum absolute atomic E-state index is 10.6. The highest BCUT2D eigenvalue weighted by Gasteiger charge is 2.45. The van der Waals surface area contributed by atoms with Crippen molar-refractivity contribution in [2.24, 2.45) is 0 Å². The van der Waals surface area contributed by atoms with Gasteiger partial charge in [-0.2, -0.15) is 9.97 Å². The zero-order valence-electron chi connectivity index (χ0n) is 23.1. The SMILES string of the molecule is C#Cc1cccc2cc(O)cc(-c3ccc4c(N5CC6CCC(C5)N6)nc(OCC56CCCN5CCC6)nc4n3)c12. The van der Waals surface area contributed by atoms with Crippen LogP contribution in [0.4, 0.5) is 5.82 Å². The molecule has 2 aromatic carbocycles. The molecular weight excluding hydrogens is 512 g/mol. The van der Waals surface area contributed by atoms with Gasteiger partial charge < -0.3 is 20.1 Å². The van der Waals surface area contributed by atoms with E-state index in [4.69, 9.17) is 26.1 Å². The summed E-state index contributed by atoms with van der Waals surface area (Å²) in [5.74, 6) is 3.86. The molecule has 0 radical (unpaired) electrons. The number of piperazine rings is 1. The first-order valence-corrected chi connectivity index (χ1v) is 14.9. The van der Waals surface area contributed by atoms with Crippen molar-refractivity contribution in [3.8, 4) is 35.4 Å². The van der Waals surface area contributed by atoms with Crippen LogP contribution in [0, 0.1) is 12.3 Å². The Morgan fingerprint density at radius 1 is 1.02 bits per heavy atom. The van der Waals surface area contributed by atoms with Crippen LogP contribution in [0.25, 0.3) is 33.1 Å². The number of aromatic nitrogens is 3. The van der Waals surface area contributed by atoms with Crippen LogP contribution in [0.5, 0.6) is 11.8 Å². The predicted octanol–water partition coefficient (Wildman–Crippen LogP) is 4.48. The lowest BCUT2D eigenvalue weighted by Crippen LogP contribution is -2.51. The van der Waals surface area contributed by atoms with Crippen molar-refractivity contribution >= 4 is 27.6 Å². The lowest BCUT2D eigenvalue weighted by atomic mass is 9.95. The van der Waals surface area contributed by atoms with Crippen molar-refractivity contribution < 1.29 is 9.84 Å². The summed E-state index contributed by atoms with van der Waals surface area (Å²) in [7, 11) is 0. The number of hydrogen-bond acceptors (Lipinski definition) is 8. The van der Waals surface area contributed by atoms with E-state index in [-0.39, 0.29) is 11.3 Å². The van der Waals surface area contributed by atoms with Gasteiger partial charge in [0, 0.05) is 41.7 Å². The van der Waals surface area contributed by atoms with Gasteiger partial charge in [0.1, 0.15) is 18.2 Å². The first-order valence-electron chi connectivity index (χ1n) is 14.9. The number of phenols is 1. The van der Waals surface area contributed by atoms with Crippen molar-refractivity contribution in [2.75, 3.05) is 37.7 Å². The van der Waals surface area contributed by atoms with Gasteiger partial charge in [-0.15, -0.1) is 6.42 Å². The lowest BCUT2D eigenvalue weighted by Gasteiger charge is -2.34. The summed E-state index contributed by atoms with van der Waals surface area (Å²) in [5, 5.41) is 17.0. The second-order valence-electron chi connectivity index (χ2n) is 12.2. The van der Waals surface area contributed by atoms with Gasteiger partial charge in [0.2, 0.25) is 0 Å². The van der Waals surface area contributed by atoms with Crippen molar-refractivity contribution in [2.45, 2.75) is 56.1 Å². The standard InChI is InChI=1S/C33H34N6O2/c1-2-21-6-3-7-22-16-25(40)17-27(29(21)22)28-11-10-26-30(35-28)36-32(41-20-33-12-4-14-39(33)15-5-13-33)37-31(26)38-18-23-8-9-24(19-38)34-23/h1,3,6-7,10-11,16-17,23-24,34,40H,4-5,8-9,12-15,18-20H2. The minimum Gasteiger partial charge on any atom is -0.508 e. The van der Waals surface area contributed by atoms with E-state index in [0.29, 0.717) is 36.0 Å². The van der Waals surface area contributed by atoms with E-state index in [1.54, 1.807) is 12.1 Å². The molecule has 0 amide bonds. The number of rotatable bonds is 5. The molecule has 4 aromatic rings. The zero-order chi connectivity index (χ0) is 27.6. The van der Waals surface area contributed by atoms with Crippen molar-refractivity contribution in [3.63, 3.8) is 0 Å². The number of anilines is 1. The average molecular weight is 547 g/mol. The van der Waals surface area contributed by atoms with Gasteiger partial charge in [-0.25, -0.2) is 4.98 Å². The highest BCUT2D eigenvalue weighted by molar-refractivity contribution is 6.02. The number of phenolic OH excluding ortho intramolecular Hbond substituents is 1. The number of aromatic hydroxyl groups is 1. The maximum Gasteiger partial charge on any atom is 0.320 e. The fourth-order valence-electron chi connectivity index (χ4n) is 7.79. The highest BCUT2D eigenvalue weighted by atomic mass is 16.5. The third-order valence-corrected chi connectivity index (χ3v) is 9.71. The summed E-state index contributed by atoms with van der Waals surface area (Å²) < 4.78 is 6.46. The fourth-order valence-corrected chi connectivity index (χ4v) is 7.79. The summed E-state index contributed by atoms with van der Waals surface area (Å²) in [5.41, 5.74) is 2.95. The largest absolute Gasteiger partial charge is 0.508 e. The molecule has 2 aromatic heterocycles. The average Bonchev–Trinajstić information content (AvgIpc) is 3.68. The molecule has 8 heteroatoms. The van der Waals surface area contributed by atoms with Crippen LogP contribution in [-0.4, -0.2) is 75.4 Å². The Bertz CT molecular complexity index is 1690. The number of ether oxygens (including phenoxy) is 1. The summed E-state index contributed by atoms with van der Waals surface area (Å²) in [6.45, 7) is 4.72. The van der Waals surface area contributed by atoms with Crippen LogP contribution in [0.3, 0.4) is 0 Å². The Labute approximate surface area is 239 Å². The molecule has 8 rings (SSSR count). The molecule has 2 N–H and O–H groups in total. The Morgan fingerprint density at radius 2 is 1.83 bits per heavy atom. The van der Waals surface area contributed by atoms with Crippen molar-refractivity contribution in [1.29, 1.82) is 0 Å². The molecule has 6 heterocycles. The predicted molar refractivity (Wildman–Crippen MR) is 160 cm³/mol. The number of nitrogens with zero attached hydrogens (tertiary/aromatic N) is 5. The number of pyridine rings is 1. The van der Waals surface area contributed by atoms with E-state index in [1.807, 2.05) is 24.3 Å². The Balaban J connectivity index is 1.24. The van der Waals surface area contributed by atoms with Crippen LogP contribution in [0.2, 0.25) is 0 Å². The maximum atomic E-state index is 10.6. The third-order valence-electron chi connectivity index (χ3n) is 9.71. The quantitative estimate of drug-likeness (QED) is 0.355. The normalized spacial score (nSPS) is 23.2. The van der Waals surface area contributed by atoms with E-state index < -0.39 is 0 Å². The van der Waals surface area contributed by atoms with E-state index >= 15 is 0 Å². The van der Waals surface area contributed by atoms with E-state index in [2.05, 4.69) is 27.1 Å². The third kappa shape index (κ3) is 4.18. The molecule has 4 fully saturated rings. The molecule has 4 aliphatic rings. The second-order valence-corrected chi connectivity index (χ2v) is 12.2. The Hall–Kier alpha value is -3.93. The van der Waals surface area contributed by atoms with Crippen LogP contribution >= 0.6 is 0 Å². The molecule has 2 bridgehead atoms. The van der Waals surface area contributed by atoms with Crippen molar-refractivity contribution in [3.05, 3.63) is 48.0 Å². The minimum absolute atomic E-state index is 0.105. The highest BCUT2D eigenvalue weighted by Crippen LogP contribution is 2.40. The van der Waals surface area contributed by atoms with Gasteiger partial charge in [0.25, 0.3) is 0 Å². The molecular formula is C33H34N6O2. The van der Waals surface area contributed by atoms with Gasteiger partial charge in [0.05, 0.1) is 16.6 Å². The number of terminal acetylenes is 1. The first-order chi connectivity index (χ1) is 20.1. The van der Waals surface area contributed by atoms with Crippen LogP contribution in [-0.2, 0) is 0 Å². The van der Waals surface area contributed by atoms with Crippen LogP contribution in [0.1, 0.15) is 44.1 Å². The van der Waals surface area contributed by atoms with Gasteiger partial charge in [-0.1, -0.05) is 18.1 Å². The first kappa shape index (κ1) is 24.8. The minimum atomic E-state index is 0.105. The van der Waals surface area contributed by atoms with E-state index in [0.717, 1.165) is 59.3 Å². The monoisotopic (exact) mass is 546 g/mol. The molecule has 41 heavy (non-hydrogen) atoms. The molecule has 0 aliphatic carbocycles. The number of hydrogen-bond donors (Lipinski definition) is 2. The smallest absolute Gasteiger partial charge is 0.320 e. The van der Waals surface area contributed by atoms with Gasteiger partial charge >= 0.3 is 6.01 Å². The molecule has 4 saturated heterocycles. The zero-order valence-corrected chi connectivity index (χ0v) is 23.1. The fraction of sp³-hybridized carbons (Fsp3) is 0.424. The molecule has 8 nitrogen and oxygen atoms in total. The van der Waals surface area contributed by atoms with E-state index in [9.17, 15) is 5.11 Å². The van der Waals surface area contributed by atoms with Crippen molar-refractivity contribution in [1.82, 2.24) is 25.2 Å². The molecule has 208 valence electrons.